The highest BCUT2D eigenvalue weighted by Crippen LogP contribution is 2.19. The maximum Gasteiger partial charge on any atom is 0.341 e. The van der Waals surface area contributed by atoms with Gasteiger partial charge in [0.15, 0.2) is 0 Å². The van der Waals surface area contributed by atoms with Crippen LogP contribution in [-0.4, -0.2) is 22.4 Å². The van der Waals surface area contributed by atoms with Crippen LogP contribution in [0.4, 0.5) is 0 Å². The summed E-state index contributed by atoms with van der Waals surface area (Å²) < 4.78 is 6.84. The summed E-state index contributed by atoms with van der Waals surface area (Å²) in [5.74, 6) is -0.309. The molecule has 2 aromatic rings. The Morgan fingerprint density at radius 1 is 1.21 bits per heavy atom. The first-order chi connectivity index (χ1) is 9.04. The molecule has 0 amide bonds. The van der Waals surface area contributed by atoms with Gasteiger partial charge in [0.1, 0.15) is 5.56 Å². The summed E-state index contributed by atoms with van der Waals surface area (Å²) in [6, 6.07) is 8.03. The van der Waals surface area contributed by atoms with Gasteiger partial charge in [-0.1, -0.05) is 17.7 Å². The fourth-order valence-corrected chi connectivity index (χ4v) is 2.08. The van der Waals surface area contributed by atoms with E-state index in [0.717, 1.165) is 11.4 Å². The van der Waals surface area contributed by atoms with Gasteiger partial charge in [0, 0.05) is 0 Å². The highest BCUT2D eigenvalue weighted by Gasteiger charge is 2.20. The minimum Gasteiger partial charge on any atom is -0.462 e. The molecule has 0 bridgehead atoms. The molecule has 0 saturated heterocycles. The topological polar surface area (TPSA) is 44.1 Å². The lowest BCUT2D eigenvalue weighted by atomic mass is 10.2. The van der Waals surface area contributed by atoms with Gasteiger partial charge in [0.25, 0.3) is 0 Å². The molecule has 0 spiro atoms. The van der Waals surface area contributed by atoms with Crippen LogP contribution < -0.4 is 0 Å². The smallest absolute Gasteiger partial charge is 0.341 e. The van der Waals surface area contributed by atoms with Crippen LogP contribution in [0.5, 0.6) is 0 Å². The van der Waals surface area contributed by atoms with Crippen molar-refractivity contribution >= 4 is 5.97 Å². The molecule has 1 heterocycles. The molecule has 4 nitrogen and oxygen atoms in total. The number of benzene rings is 1. The number of hydrogen-bond donors (Lipinski definition) is 0. The van der Waals surface area contributed by atoms with Crippen molar-refractivity contribution in [3.63, 3.8) is 0 Å². The van der Waals surface area contributed by atoms with Crippen molar-refractivity contribution in [2.75, 3.05) is 6.61 Å². The van der Waals surface area contributed by atoms with Crippen LogP contribution in [0.3, 0.4) is 0 Å². The molecule has 0 unspecified atom stereocenters. The van der Waals surface area contributed by atoms with E-state index in [1.165, 1.54) is 5.56 Å². The number of hydrogen-bond acceptors (Lipinski definition) is 3. The molecule has 0 atom stereocenters. The number of aryl methyl sites for hydroxylation is 2. The first-order valence-corrected chi connectivity index (χ1v) is 6.35. The Morgan fingerprint density at radius 2 is 1.84 bits per heavy atom. The van der Waals surface area contributed by atoms with Crippen LogP contribution in [0.2, 0.25) is 0 Å². The summed E-state index contributed by atoms with van der Waals surface area (Å²) in [5.41, 5.74) is 4.19. The van der Waals surface area contributed by atoms with E-state index in [2.05, 4.69) is 5.10 Å². The lowest BCUT2D eigenvalue weighted by Crippen LogP contribution is -2.07. The largest absolute Gasteiger partial charge is 0.462 e. The summed E-state index contributed by atoms with van der Waals surface area (Å²) >= 11 is 0. The molecule has 0 radical (unpaired) electrons. The summed E-state index contributed by atoms with van der Waals surface area (Å²) in [5, 5.41) is 4.43. The third-order valence-corrected chi connectivity index (χ3v) is 3.05. The fraction of sp³-hybridized carbons (Fsp3) is 0.333. The van der Waals surface area contributed by atoms with Gasteiger partial charge in [-0.25, -0.2) is 9.48 Å². The molecule has 0 aliphatic rings. The number of carbonyl (C=O) groups is 1. The zero-order valence-corrected chi connectivity index (χ0v) is 11.7. The number of carbonyl (C=O) groups excluding carboxylic acids is 1. The summed E-state index contributed by atoms with van der Waals surface area (Å²) in [6.07, 6.45) is 0. The van der Waals surface area contributed by atoms with Crippen LogP contribution in [0.15, 0.2) is 24.3 Å². The van der Waals surface area contributed by atoms with Gasteiger partial charge in [0.2, 0.25) is 0 Å². The lowest BCUT2D eigenvalue weighted by molar-refractivity contribution is 0.0524. The third-order valence-electron chi connectivity index (χ3n) is 3.05. The Balaban J connectivity index is 2.46. The second-order valence-corrected chi connectivity index (χ2v) is 4.51. The van der Waals surface area contributed by atoms with Crippen molar-refractivity contribution in [3.8, 4) is 5.69 Å². The Bertz CT molecular complexity index is 597. The van der Waals surface area contributed by atoms with E-state index in [-0.39, 0.29) is 5.97 Å². The third kappa shape index (κ3) is 2.52. The van der Waals surface area contributed by atoms with Gasteiger partial charge in [-0.15, -0.1) is 0 Å². The van der Waals surface area contributed by atoms with Crippen molar-refractivity contribution in [3.05, 3.63) is 46.8 Å². The molecule has 19 heavy (non-hydrogen) atoms. The first-order valence-electron chi connectivity index (χ1n) is 6.35. The Labute approximate surface area is 113 Å². The summed E-state index contributed by atoms with van der Waals surface area (Å²) in [4.78, 5) is 11.9. The second-order valence-electron chi connectivity index (χ2n) is 4.51. The van der Waals surface area contributed by atoms with Gasteiger partial charge in [-0.2, -0.15) is 5.10 Å². The van der Waals surface area contributed by atoms with Crippen LogP contribution >= 0.6 is 0 Å². The Kier molecular flexibility index (Phi) is 3.69. The van der Waals surface area contributed by atoms with Gasteiger partial charge in [-0.05, 0) is 39.8 Å². The lowest BCUT2D eigenvalue weighted by Gasteiger charge is -2.05. The van der Waals surface area contributed by atoms with Gasteiger partial charge >= 0.3 is 5.97 Å². The van der Waals surface area contributed by atoms with Crippen molar-refractivity contribution in [2.24, 2.45) is 0 Å². The van der Waals surface area contributed by atoms with Crippen molar-refractivity contribution in [2.45, 2.75) is 27.7 Å². The SMILES string of the molecule is CCOC(=O)c1c(C)nn(-c2ccc(C)cc2)c1C. The van der Waals surface area contributed by atoms with Crippen LogP contribution in [0.25, 0.3) is 5.69 Å². The zero-order valence-electron chi connectivity index (χ0n) is 11.7. The molecular weight excluding hydrogens is 240 g/mol. The average Bonchev–Trinajstić information content (AvgIpc) is 2.66. The first kappa shape index (κ1) is 13.3. The number of aromatic nitrogens is 2. The zero-order chi connectivity index (χ0) is 14.0. The van der Waals surface area contributed by atoms with E-state index in [0.29, 0.717) is 17.9 Å². The quantitative estimate of drug-likeness (QED) is 0.795. The second kappa shape index (κ2) is 5.26. The Hall–Kier alpha value is -2.10. The number of rotatable bonds is 3. The molecular formula is C15H18N2O2. The minimum atomic E-state index is -0.309. The molecule has 4 heteroatoms. The van der Waals surface area contributed by atoms with Crippen LogP contribution in [0, 0.1) is 20.8 Å². The fourth-order valence-electron chi connectivity index (χ4n) is 2.08. The molecule has 0 N–H and O–H groups in total. The standard InChI is InChI=1S/C15H18N2O2/c1-5-19-15(18)14-11(3)16-17(12(14)4)13-8-6-10(2)7-9-13/h6-9H,5H2,1-4H3. The predicted octanol–water partition coefficient (Wildman–Crippen LogP) is 2.97. The van der Waals surface area contributed by atoms with E-state index in [1.54, 1.807) is 11.6 Å². The molecule has 0 saturated carbocycles. The van der Waals surface area contributed by atoms with E-state index < -0.39 is 0 Å². The summed E-state index contributed by atoms with van der Waals surface area (Å²) in [7, 11) is 0. The van der Waals surface area contributed by atoms with Gasteiger partial charge < -0.3 is 4.74 Å². The van der Waals surface area contributed by atoms with Crippen LogP contribution in [0.1, 0.15) is 34.2 Å². The maximum atomic E-state index is 11.9. The van der Waals surface area contributed by atoms with Crippen molar-refractivity contribution < 1.29 is 9.53 Å². The molecule has 2 rings (SSSR count). The number of esters is 1. The van der Waals surface area contributed by atoms with Gasteiger partial charge in [0.05, 0.1) is 23.7 Å². The predicted molar refractivity (Wildman–Crippen MR) is 73.7 cm³/mol. The minimum absolute atomic E-state index is 0.309. The highest BCUT2D eigenvalue weighted by molar-refractivity contribution is 5.92. The van der Waals surface area contributed by atoms with Crippen molar-refractivity contribution in [1.29, 1.82) is 0 Å². The molecule has 0 aliphatic carbocycles. The monoisotopic (exact) mass is 258 g/mol. The number of nitrogens with zero attached hydrogens (tertiary/aromatic N) is 2. The van der Waals surface area contributed by atoms with Gasteiger partial charge in [-0.3, -0.25) is 0 Å². The summed E-state index contributed by atoms with van der Waals surface area (Å²) in [6.45, 7) is 7.91. The van der Waals surface area contributed by atoms with E-state index in [4.69, 9.17) is 4.74 Å². The molecule has 0 fully saturated rings. The number of ether oxygens (including phenoxy) is 1. The molecule has 0 aliphatic heterocycles. The normalized spacial score (nSPS) is 10.5. The van der Waals surface area contributed by atoms with Crippen LogP contribution in [-0.2, 0) is 4.74 Å². The molecule has 1 aromatic heterocycles. The Morgan fingerprint density at radius 3 is 2.42 bits per heavy atom. The van der Waals surface area contributed by atoms with E-state index in [1.807, 2.05) is 45.0 Å². The van der Waals surface area contributed by atoms with Crippen molar-refractivity contribution in [1.82, 2.24) is 9.78 Å². The molecule has 100 valence electrons. The average molecular weight is 258 g/mol. The maximum absolute atomic E-state index is 11.9. The van der Waals surface area contributed by atoms with E-state index in [9.17, 15) is 4.79 Å². The highest BCUT2D eigenvalue weighted by atomic mass is 16.5. The van der Waals surface area contributed by atoms with E-state index >= 15 is 0 Å². The molecule has 1 aromatic carbocycles.